The number of nitrogens with zero attached hydrogens (tertiary/aromatic N) is 3. The van der Waals surface area contributed by atoms with Crippen molar-refractivity contribution in [2.24, 2.45) is 5.73 Å². The van der Waals surface area contributed by atoms with E-state index >= 15 is 0 Å². The molecule has 2 N–H and O–H groups in total. The standard InChI is InChI=1S/C24H20N4O4/c1-31-19-12-16-8-10-28(22(16)17(13-19)14-25)21(29)11-15-4-6-18(7-5-15)32-24-20(23(26)30)3-2-9-27-24/h2-7,9,12-13H,8,10-11H2,1H3,(H2,26,30). The first kappa shape index (κ1) is 20.9. The molecule has 0 radical (unpaired) electrons. The van der Waals surface area contributed by atoms with Gasteiger partial charge in [0.05, 0.1) is 24.8 Å². The van der Waals surface area contributed by atoms with E-state index in [0.717, 1.165) is 11.1 Å². The molecule has 4 rings (SSSR count). The van der Waals surface area contributed by atoms with Gasteiger partial charge in [0.2, 0.25) is 11.8 Å². The van der Waals surface area contributed by atoms with Crippen LogP contribution in [0.25, 0.3) is 0 Å². The number of nitriles is 1. The molecule has 0 fully saturated rings. The largest absolute Gasteiger partial charge is 0.497 e. The van der Waals surface area contributed by atoms with Crippen LogP contribution >= 0.6 is 0 Å². The molecule has 2 amide bonds. The molecular weight excluding hydrogens is 408 g/mol. The average molecular weight is 428 g/mol. The van der Waals surface area contributed by atoms with E-state index in [0.29, 0.717) is 35.7 Å². The molecule has 2 aromatic carbocycles. The third kappa shape index (κ3) is 4.09. The second-order valence-electron chi connectivity index (χ2n) is 7.23. The van der Waals surface area contributed by atoms with E-state index < -0.39 is 5.91 Å². The maximum absolute atomic E-state index is 13.0. The highest BCUT2D eigenvalue weighted by molar-refractivity contribution is 5.98. The van der Waals surface area contributed by atoms with Gasteiger partial charge in [-0.15, -0.1) is 0 Å². The van der Waals surface area contributed by atoms with Crippen LogP contribution in [0, 0.1) is 11.3 Å². The molecule has 32 heavy (non-hydrogen) atoms. The van der Waals surface area contributed by atoms with E-state index in [2.05, 4.69) is 11.1 Å². The Kier molecular flexibility index (Phi) is 5.73. The monoisotopic (exact) mass is 428 g/mol. The van der Waals surface area contributed by atoms with Gasteiger partial charge in [0.15, 0.2) is 0 Å². The van der Waals surface area contributed by atoms with E-state index in [4.69, 9.17) is 15.2 Å². The van der Waals surface area contributed by atoms with Gasteiger partial charge in [-0.2, -0.15) is 5.26 Å². The van der Waals surface area contributed by atoms with Crippen LogP contribution in [0.2, 0.25) is 0 Å². The van der Waals surface area contributed by atoms with E-state index in [-0.39, 0.29) is 23.8 Å². The number of hydrogen-bond acceptors (Lipinski definition) is 6. The number of anilines is 1. The number of rotatable bonds is 6. The van der Waals surface area contributed by atoms with Gasteiger partial charge < -0.3 is 20.1 Å². The van der Waals surface area contributed by atoms with Crippen LogP contribution in [0.15, 0.2) is 54.7 Å². The fourth-order valence-corrected chi connectivity index (χ4v) is 3.69. The third-order valence-corrected chi connectivity index (χ3v) is 5.22. The lowest BCUT2D eigenvalue weighted by Gasteiger charge is -2.19. The summed E-state index contributed by atoms with van der Waals surface area (Å²) in [6.07, 6.45) is 2.35. The van der Waals surface area contributed by atoms with Crippen molar-refractivity contribution in [1.29, 1.82) is 5.26 Å². The van der Waals surface area contributed by atoms with Crippen molar-refractivity contribution in [3.05, 3.63) is 77.0 Å². The molecule has 160 valence electrons. The summed E-state index contributed by atoms with van der Waals surface area (Å²) in [5.41, 5.74) is 8.34. The molecule has 0 unspecified atom stereocenters. The molecule has 8 nitrogen and oxygen atoms in total. The van der Waals surface area contributed by atoms with E-state index in [1.165, 1.54) is 12.3 Å². The van der Waals surface area contributed by atoms with E-state index in [9.17, 15) is 14.9 Å². The Morgan fingerprint density at radius 1 is 1.19 bits per heavy atom. The highest BCUT2D eigenvalue weighted by atomic mass is 16.5. The highest BCUT2D eigenvalue weighted by Gasteiger charge is 2.28. The zero-order valence-electron chi connectivity index (χ0n) is 17.4. The van der Waals surface area contributed by atoms with Crippen molar-refractivity contribution in [1.82, 2.24) is 4.98 Å². The van der Waals surface area contributed by atoms with Crippen LogP contribution in [0.1, 0.15) is 27.0 Å². The fraction of sp³-hybridized carbons (Fsp3) is 0.167. The molecule has 0 saturated carbocycles. The number of methoxy groups -OCH3 is 1. The summed E-state index contributed by atoms with van der Waals surface area (Å²) in [4.78, 5) is 30.2. The topological polar surface area (TPSA) is 119 Å². The lowest BCUT2D eigenvalue weighted by Crippen LogP contribution is -2.30. The van der Waals surface area contributed by atoms with Gasteiger partial charge in [-0.3, -0.25) is 9.59 Å². The highest BCUT2D eigenvalue weighted by Crippen LogP contribution is 2.35. The number of carbonyl (C=O) groups is 2. The fourth-order valence-electron chi connectivity index (χ4n) is 3.69. The van der Waals surface area contributed by atoms with Crippen LogP contribution in [0.4, 0.5) is 5.69 Å². The second kappa shape index (κ2) is 8.78. The van der Waals surface area contributed by atoms with Gasteiger partial charge in [-0.1, -0.05) is 12.1 Å². The molecule has 0 aliphatic carbocycles. The van der Waals surface area contributed by atoms with E-state index in [1.54, 1.807) is 48.4 Å². The summed E-state index contributed by atoms with van der Waals surface area (Å²) in [6.45, 7) is 0.521. The molecule has 3 aromatic rings. The number of carbonyl (C=O) groups excluding carboxylic acids is 2. The summed E-state index contributed by atoms with van der Waals surface area (Å²) in [5.74, 6) is 0.470. The number of amides is 2. The van der Waals surface area contributed by atoms with Crippen LogP contribution in [0.3, 0.4) is 0 Å². The number of benzene rings is 2. The number of fused-ring (bicyclic) bond motifs is 1. The van der Waals surface area contributed by atoms with E-state index in [1.807, 2.05) is 6.07 Å². The molecule has 2 heterocycles. The van der Waals surface area contributed by atoms with Crippen LogP contribution in [-0.4, -0.2) is 30.5 Å². The Hall–Kier alpha value is -4.38. The molecule has 0 bridgehead atoms. The minimum absolute atomic E-state index is 0.0974. The van der Waals surface area contributed by atoms with Crippen LogP contribution < -0.4 is 20.1 Å². The van der Waals surface area contributed by atoms with Gasteiger partial charge in [0.25, 0.3) is 5.91 Å². The molecule has 0 saturated heterocycles. The summed E-state index contributed by atoms with van der Waals surface area (Å²) in [6, 6.07) is 15.8. The Bertz CT molecular complexity index is 1230. The number of aromatic nitrogens is 1. The molecule has 1 aromatic heterocycles. The van der Waals surface area contributed by atoms with Crippen molar-refractivity contribution in [2.45, 2.75) is 12.8 Å². The zero-order chi connectivity index (χ0) is 22.7. The first-order valence-electron chi connectivity index (χ1n) is 9.93. The zero-order valence-corrected chi connectivity index (χ0v) is 17.4. The molecule has 0 atom stereocenters. The minimum atomic E-state index is -0.629. The molecular formula is C24H20N4O4. The van der Waals surface area contributed by atoms with Crippen molar-refractivity contribution < 1.29 is 19.1 Å². The van der Waals surface area contributed by atoms with Crippen LogP contribution in [-0.2, 0) is 17.6 Å². The van der Waals surface area contributed by atoms with Crippen molar-refractivity contribution >= 4 is 17.5 Å². The summed E-state index contributed by atoms with van der Waals surface area (Å²) < 4.78 is 10.9. The van der Waals surface area contributed by atoms with Crippen molar-refractivity contribution in [3.63, 3.8) is 0 Å². The third-order valence-electron chi connectivity index (χ3n) is 5.22. The predicted molar refractivity (Wildman–Crippen MR) is 117 cm³/mol. The predicted octanol–water partition coefficient (Wildman–Crippen LogP) is 2.98. The van der Waals surface area contributed by atoms with Gasteiger partial charge >= 0.3 is 0 Å². The number of hydrogen-bond donors (Lipinski definition) is 1. The number of primary amides is 1. The number of pyridine rings is 1. The summed E-state index contributed by atoms with van der Waals surface area (Å²) in [5, 5.41) is 9.53. The molecule has 8 heteroatoms. The number of ether oxygens (including phenoxy) is 2. The van der Waals surface area contributed by atoms with Gasteiger partial charge in [-0.25, -0.2) is 4.98 Å². The average Bonchev–Trinajstić information content (AvgIpc) is 3.24. The van der Waals surface area contributed by atoms with Crippen molar-refractivity contribution in [2.75, 3.05) is 18.6 Å². The Labute approximate surface area is 184 Å². The maximum Gasteiger partial charge on any atom is 0.254 e. The summed E-state index contributed by atoms with van der Waals surface area (Å²) in [7, 11) is 1.55. The van der Waals surface area contributed by atoms with Crippen molar-refractivity contribution in [3.8, 4) is 23.4 Å². The Morgan fingerprint density at radius 2 is 1.97 bits per heavy atom. The SMILES string of the molecule is COc1cc(C#N)c2c(c1)CCN2C(=O)Cc1ccc(Oc2ncccc2C(N)=O)cc1. The lowest BCUT2D eigenvalue weighted by molar-refractivity contribution is -0.117. The molecule has 0 spiro atoms. The molecule has 1 aliphatic heterocycles. The Morgan fingerprint density at radius 3 is 2.66 bits per heavy atom. The van der Waals surface area contributed by atoms with Gasteiger partial charge in [0, 0.05) is 18.8 Å². The maximum atomic E-state index is 13.0. The number of nitrogens with two attached hydrogens (primary N) is 1. The minimum Gasteiger partial charge on any atom is -0.497 e. The first-order chi connectivity index (χ1) is 15.5. The second-order valence-corrected chi connectivity index (χ2v) is 7.23. The Balaban J connectivity index is 1.48. The molecule has 1 aliphatic rings. The van der Waals surface area contributed by atoms with Gasteiger partial charge in [-0.05, 0) is 47.9 Å². The lowest BCUT2D eigenvalue weighted by atomic mass is 10.1. The first-order valence-corrected chi connectivity index (χ1v) is 9.93. The quantitative estimate of drug-likeness (QED) is 0.645. The summed E-state index contributed by atoms with van der Waals surface area (Å²) >= 11 is 0. The normalized spacial score (nSPS) is 12.1. The van der Waals surface area contributed by atoms with Gasteiger partial charge in [0.1, 0.15) is 23.1 Å². The smallest absolute Gasteiger partial charge is 0.254 e. The van der Waals surface area contributed by atoms with Crippen LogP contribution in [0.5, 0.6) is 17.4 Å².